The van der Waals surface area contributed by atoms with Crippen LogP contribution in [-0.2, 0) is 16.6 Å². The Morgan fingerprint density at radius 1 is 1.46 bits per heavy atom. The second kappa shape index (κ2) is 7.17. The van der Waals surface area contributed by atoms with Gasteiger partial charge in [0.05, 0.1) is 6.20 Å². The Morgan fingerprint density at radius 3 is 2.79 bits per heavy atom. The lowest BCUT2D eigenvalue weighted by atomic mass is 9.90. The lowest BCUT2D eigenvalue weighted by molar-refractivity contribution is -0.139. The van der Waals surface area contributed by atoms with E-state index < -0.39 is 0 Å². The molecule has 0 aromatic carbocycles. The van der Waals surface area contributed by atoms with Gasteiger partial charge >= 0.3 is 0 Å². The first-order valence-electron chi connectivity index (χ1n) is 8.42. The molecule has 1 saturated heterocycles. The molecule has 0 radical (unpaired) electrons. The quantitative estimate of drug-likeness (QED) is 0.908. The van der Waals surface area contributed by atoms with Crippen molar-refractivity contribution in [1.82, 2.24) is 24.6 Å². The first kappa shape index (κ1) is 16.7. The number of amides is 1. The van der Waals surface area contributed by atoms with Crippen LogP contribution in [-0.4, -0.2) is 50.3 Å². The largest absolute Gasteiger partial charge is 0.361 e. The molecule has 7 heteroatoms. The third-order valence-corrected chi connectivity index (χ3v) is 4.84. The van der Waals surface area contributed by atoms with Crippen molar-refractivity contribution in [3.63, 3.8) is 0 Å². The van der Waals surface area contributed by atoms with E-state index in [1.165, 1.54) is 5.56 Å². The molecule has 2 aromatic rings. The van der Waals surface area contributed by atoms with Gasteiger partial charge in [0, 0.05) is 38.2 Å². The lowest BCUT2D eigenvalue weighted by Crippen LogP contribution is -2.40. The van der Waals surface area contributed by atoms with E-state index in [2.05, 4.69) is 15.2 Å². The molecule has 0 bridgehead atoms. The summed E-state index contributed by atoms with van der Waals surface area (Å²) in [5, 5.41) is 7.09. The Kier molecular flexibility index (Phi) is 4.99. The summed E-state index contributed by atoms with van der Waals surface area (Å²) in [6.07, 6.45) is 7.27. The lowest BCUT2D eigenvalue weighted by Gasteiger charge is -2.32. The predicted molar refractivity (Wildman–Crippen MR) is 89.5 cm³/mol. The fourth-order valence-electron chi connectivity index (χ4n) is 3.34. The van der Waals surface area contributed by atoms with Gasteiger partial charge in [0.1, 0.15) is 18.5 Å². The molecular formula is C17H25N5O2. The Morgan fingerprint density at radius 2 is 2.21 bits per heavy atom. The fraction of sp³-hybridized carbons (Fsp3) is 0.588. The zero-order valence-corrected chi connectivity index (χ0v) is 14.5. The number of ether oxygens (including phenoxy) is 1. The molecule has 0 aliphatic carbocycles. The minimum absolute atomic E-state index is 0.0541. The van der Waals surface area contributed by atoms with Crippen LogP contribution in [0.15, 0.2) is 18.6 Å². The molecule has 1 amide bonds. The van der Waals surface area contributed by atoms with Crippen molar-refractivity contribution in [1.29, 1.82) is 0 Å². The van der Waals surface area contributed by atoms with E-state index in [-0.39, 0.29) is 18.6 Å². The average Bonchev–Trinajstić information content (AvgIpc) is 3.20. The number of H-pyrrole nitrogens is 1. The summed E-state index contributed by atoms with van der Waals surface area (Å²) in [7, 11) is 1.92. The van der Waals surface area contributed by atoms with Crippen LogP contribution in [0.25, 0.3) is 0 Å². The summed E-state index contributed by atoms with van der Waals surface area (Å²) in [6.45, 7) is 5.61. The van der Waals surface area contributed by atoms with Gasteiger partial charge in [-0.25, -0.2) is 4.98 Å². The molecular weight excluding hydrogens is 306 g/mol. The number of piperidine rings is 1. The highest BCUT2D eigenvalue weighted by Crippen LogP contribution is 2.29. The molecule has 2 aromatic heterocycles. The van der Waals surface area contributed by atoms with Crippen molar-refractivity contribution in [2.75, 3.05) is 19.7 Å². The van der Waals surface area contributed by atoms with Crippen molar-refractivity contribution in [3.05, 3.63) is 35.7 Å². The van der Waals surface area contributed by atoms with Gasteiger partial charge in [-0.15, -0.1) is 0 Å². The minimum atomic E-state index is -0.194. The molecule has 130 valence electrons. The van der Waals surface area contributed by atoms with Gasteiger partial charge in [-0.1, -0.05) is 0 Å². The first-order chi connectivity index (χ1) is 11.6. The van der Waals surface area contributed by atoms with E-state index in [4.69, 9.17) is 4.74 Å². The average molecular weight is 331 g/mol. The number of likely N-dealkylation sites (tertiary alicyclic amines) is 1. The molecule has 1 atom stereocenters. The van der Waals surface area contributed by atoms with Crippen LogP contribution in [0, 0.1) is 6.92 Å². The van der Waals surface area contributed by atoms with Gasteiger partial charge in [-0.05, 0) is 38.2 Å². The maximum absolute atomic E-state index is 12.4. The van der Waals surface area contributed by atoms with E-state index in [1.807, 2.05) is 42.8 Å². The van der Waals surface area contributed by atoms with E-state index >= 15 is 0 Å². The molecule has 1 aliphatic heterocycles. The third kappa shape index (κ3) is 3.51. The standard InChI is InChI=1S/C17H25N5O2/c1-12-15(10-19-20-12)14-4-7-22(8-5-14)16(23)11-24-13(2)17-18-6-9-21(17)3/h6,9-10,13-14H,4-5,7-8,11H2,1-3H3,(H,19,20). The highest BCUT2D eigenvalue weighted by Gasteiger charge is 2.26. The Balaban J connectivity index is 1.47. The Bertz CT molecular complexity index is 685. The molecule has 24 heavy (non-hydrogen) atoms. The summed E-state index contributed by atoms with van der Waals surface area (Å²) >= 11 is 0. The summed E-state index contributed by atoms with van der Waals surface area (Å²) in [6, 6.07) is 0. The molecule has 1 unspecified atom stereocenters. The number of hydrogen-bond donors (Lipinski definition) is 1. The zero-order valence-electron chi connectivity index (χ0n) is 14.5. The molecule has 1 aliphatic rings. The molecule has 1 N–H and O–H groups in total. The first-order valence-corrected chi connectivity index (χ1v) is 8.42. The third-order valence-electron chi connectivity index (χ3n) is 4.84. The van der Waals surface area contributed by atoms with Crippen molar-refractivity contribution in [3.8, 4) is 0 Å². The minimum Gasteiger partial charge on any atom is -0.361 e. The van der Waals surface area contributed by atoms with Gasteiger partial charge in [0.25, 0.3) is 0 Å². The predicted octanol–water partition coefficient (Wildman–Crippen LogP) is 1.94. The molecule has 1 fully saturated rings. The topological polar surface area (TPSA) is 76.0 Å². The summed E-state index contributed by atoms with van der Waals surface area (Å²) < 4.78 is 7.62. The monoisotopic (exact) mass is 331 g/mol. The van der Waals surface area contributed by atoms with Crippen molar-refractivity contribution in [2.45, 2.75) is 38.7 Å². The number of aryl methyl sites for hydroxylation is 2. The second-order valence-corrected chi connectivity index (χ2v) is 6.45. The number of aromatic nitrogens is 4. The highest BCUT2D eigenvalue weighted by molar-refractivity contribution is 5.77. The van der Waals surface area contributed by atoms with E-state index in [9.17, 15) is 4.79 Å². The molecule has 7 nitrogen and oxygen atoms in total. The zero-order chi connectivity index (χ0) is 17.1. The van der Waals surface area contributed by atoms with E-state index in [0.717, 1.165) is 37.4 Å². The summed E-state index contributed by atoms with van der Waals surface area (Å²) in [5.74, 6) is 1.37. The van der Waals surface area contributed by atoms with Crippen molar-refractivity contribution in [2.24, 2.45) is 7.05 Å². The normalized spacial score (nSPS) is 17.2. The van der Waals surface area contributed by atoms with Gasteiger partial charge < -0.3 is 14.2 Å². The number of hydrogen-bond acceptors (Lipinski definition) is 4. The number of nitrogens with one attached hydrogen (secondary N) is 1. The number of carbonyl (C=O) groups is 1. The molecule has 0 saturated carbocycles. The summed E-state index contributed by atoms with van der Waals surface area (Å²) in [4.78, 5) is 18.5. The number of rotatable bonds is 5. The number of aromatic amines is 1. The van der Waals surface area contributed by atoms with Gasteiger partial charge in [0.2, 0.25) is 5.91 Å². The number of imidazole rings is 1. The van der Waals surface area contributed by atoms with Gasteiger partial charge in [-0.3, -0.25) is 9.89 Å². The van der Waals surface area contributed by atoms with Gasteiger partial charge in [-0.2, -0.15) is 5.10 Å². The Hall–Kier alpha value is -2.15. The number of nitrogens with zero attached hydrogens (tertiary/aromatic N) is 4. The van der Waals surface area contributed by atoms with Crippen LogP contribution in [0.5, 0.6) is 0 Å². The molecule has 0 spiro atoms. The maximum atomic E-state index is 12.4. The van der Waals surface area contributed by atoms with Crippen LogP contribution in [0.1, 0.15) is 48.9 Å². The Labute approximate surface area is 142 Å². The van der Waals surface area contributed by atoms with Crippen molar-refractivity contribution >= 4 is 5.91 Å². The van der Waals surface area contributed by atoms with Crippen LogP contribution < -0.4 is 0 Å². The van der Waals surface area contributed by atoms with Crippen LogP contribution in [0.3, 0.4) is 0 Å². The SMILES string of the molecule is Cc1[nH]ncc1C1CCN(C(=O)COC(C)c2nccn2C)CC1. The van der Waals surface area contributed by atoms with Crippen LogP contribution in [0.2, 0.25) is 0 Å². The fourth-order valence-corrected chi connectivity index (χ4v) is 3.34. The van der Waals surface area contributed by atoms with Crippen molar-refractivity contribution < 1.29 is 9.53 Å². The van der Waals surface area contributed by atoms with Crippen LogP contribution in [0.4, 0.5) is 0 Å². The molecule has 3 rings (SSSR count). The molecule has 3 heterocycles. The van der Waals surface area contributed by atoms with Gasteiger partial charge in [0.15, 0.2) is 0 Å². The highest BCUT2D eigenvalue weighted by atomic mass is 16.5. The van der Waals surface area contributed by atoms with E-state index in [1.54, 1.807) is 6.20 Å². The maximum Gasteiger partial charge on any atom is 0.248 e. The van der Waals surface area contributed by atoms with E-state index in [0.29, 0.717) is 5.92 Å². The summed E-state index contributed by atoms with van der Waals surface area (Å²) in [5.41, 5.74) is 2.41. The smallest absolute Gasteiger partial charge is 0.248 e. The second-order valence-electron chi connectivity index (χ2n) is 6.45. The van der Waals surface area contributed by atoms with Crippen LogP contribution >= 0.6 is 0 Å². The number of carbonyl (C=O) groups excluding carboxylic acids is 1.